The van der Waals surface area contributed by atoms with Gasteiger partial charge in [-0.1, -0.05) is 48.5 Å². The maximum absolute atomic E-state index is 11.8. The SMILES string of the molecule is Oc1c(-c2cccs2)c2ccc3c(-c4cccs4)cc(-c4cccs4)c4ccc(c1-c1cccs1)c2c34. The third kappa shape index (κ3) is 3.12. The number of benzene rings is 4. The van der Waals surface area contributed by atoms with Crippen LogP contribution in [0.5, 0.6) is 5.75 Å². The maximum atomic E-state index is 11.8. The van der Waals surface area contributed by atoms with E-state index in [0.717, 1.165) is 31.7 Å². The first kappa shape index (κ1) is 21.6. The molecule has 37 heavy (non-hydrogen) atoms. The van der Waals surface area contributed by atoms with Crippen LogP contribution >= 0.6 is 45.3 Å². The Morgan fingerprint density at radius 2 is 0.811 bits per heavy atom. The van der Waals surface area contributed by atoms with E-state index in [1.807, 2.05) is 0 Å². The van der Waals surface area contributed by atoms with Gasteiger partial charge < -0.3 is 5.11 Å². The van der Waals surface area contributed by atoms with Crippen LogP contribution in [0.1, 0.15) is 0 Å². The molecule has 0 saturated heterocycles. The van der Waals surface area contributed by atoms with Crippen molar-refractivity contribution in [3.05, 3.63) is 100 Å². The van der Waals surface area contributed by atoms with Gasteiger partial charge in [0.25, 0.3) is 0 Å². The Hall–Kier alpha value is -3.48. The van der Waals surface area contributed by atoms with Gasteiger partial charge in [-0.05, 0) is 84.2 Å². The molecule has 1 nitrogen and oxygen atoms in total. The summed E-state index contributed by atoms with van der Waals surface area (Å²) in [6, 6.07) is 28.4. The largest absolute Gasteiger partial charge is 0.507 e. The Bertz CT molecular complexity index is 1870. The number of hydrogen-bond acceptors (Lipinski definition) is 5. The van der Waals surface area contributed by atoms with Gasteiger partial charge >= 0.3 is 0 Å². The van der Waals surface area contributed by atoms with Crippen molar-refractivity contribution in [3.63, 3.8) is 0 Å². The summed E-state index contributed by atoms with van der Waals surface area (Å²) in [6.45, 7) is 0. The summed E-state index contributed by atoms with van der Waals surface area (Å²) in [4.78, 5) is 4.72. The van der Waals surface area contributed by atoms with E-state index in [4.69, 9.17) is 0 Å². The number of phenols is 1. The quantitative estimate of drug-likeness (QED) is 0.218. The summed E-state index contributed by atoms with van der Waals surface area (Å²) >= 11 is 6.92. The third-order valence-electron chi connectivity index (χ3n) is 7.15. The van der Waals surface area contributed by atoms with Crippen LogP contribution in [0, 0.1) is 0 Å². The Balaban J connectivity index is 1.64. The van der Waals surface area contributed by atoms with Crippen molar-refractivity contribution < 1.29 is 5.11 Å². The highest BCUT2D eigenvalue weighted by Gasteiger charge is 2.25. The second kappa shape index (κ2) is 8.27. The monoisotopic (exact) mass is 546 g/mol. The van der Waals surface area contributed by atoms with E-state index in [-0.39, 0.29) is 0 Å². The summed E-state index contributed by atoms with van der Waals surface area (Å²) in [6.07, 6.45) is 0. The highest BCUT2D eigenvalue weighted by atomic mass is 32.1. The first-order valence-electron chi connectivity index (χ1n) is 12.0. The van der Waals surface area contributed by atoms with Crippen molar-refractivity contribution in [1.29, 1.82) is 0 Å². The zero-order valence-corrected chi connectivity index (χ0v) is 22.7. The summed E-state index contributed by atoms with van der Waals surface area (Å²) in [5, 5.41) is 27.5. The lowest BCUT2D eigenvalue weighted by Gasteiger charge is -2.21. The number of rotatable bonds is 4. The molecule has 0 fully saturated rings. The van der Waals surface area contributed by atoms with Crippen molar-refractivity contribution in [2.24, 2.45) is 0 Å². The zero-order valence-electron chi connectivity index (χ0n) is 19.4. The molecule has 0 aliphatic carbocycles. The van der Waals surface area contributed by atoms with E-state index in [0.29, 0.717) is 5.75 Å². The van der Waals surface area contributed by atoms with Crippen LogP contribution in [-0.4, -0.2) is 5.11 Å². The summed E-state index contributed by atoms with van der Waals surface area (Å²) in [5.74, 6) is 0.368. The van der Waals surface area contributed by atoms with Crippen LogP contribution in [-0.2, 0) is 0 Å². The van der Waals surface area contributed by atoms with E-state index >= 15 is 0 Å². The van der Waals surface area contributed by atoms with Crippen molar-refractivity contribution in [2.75, 3.05) is 0 Å². The molecule has 176 valence electrons. The van der Waals surface area contributed by atoms with Crippen LogP contribution in [0.2, 0.25) is 0 Å². The predicted molar refractivity (Wildman–Crippen MR) is 165 cm³/mol. The van der Waals surface area contributed by atoms with Gasteiger partial charge in [-0.2, -0.15) is 0 Å². The molecule has 4 heterocycles. The normalized spacial score (nSPS) is 11.9. The van der Waals surface area contributed by atoms with Crippen molar-refractivity contribution in [2.45, 2.75) is 0 Å². The van der Waals surface area contributed by atoms with Gasteiger partial charge in [0.2, 0.25) is 0 Å². The Labute approximate surface area is 229 Å². The predicted octanol–water partition coefficient (Wildman–Crippen LogP) is 11.2. The lowest BCUT2D eigenvalue weighted by Crippen LogP contribution is -1.93. The molecule has 5 heteroatoms. The summed E-state index contributed by atoms with van der Waals surface area (Å²) in [5.41, 5.74) is 4.39. The highest BCUT2D eigenvalue weighted by Crippen LogP contribution is 2.53. The molecule has 0 bridgehead atoms. The van der Waals surface area contributed by atoms with Gasteiger partial charge in [0, 0.05) is 41.8 Å². The molecule has 0 amide bonds. The summed E-state index contributed by atoms with van der Waals surface area (Å²) in [7, 11) is 0. The minimum Gasteiger partial charge on any atom is -0.507 e. The average molecular weight is 547 g/mol. The molecule has 4 aromatic heterocycles. The van der Waals surface area contributed by atoms with Crippen molar-refractivity contribution >= 4 is 77.7 Å². The number of hydrogen-bond donors (Lipinski definition) is 1. The van der Waals surface area contributed by atoms with Gasteiger partial charge in [-0.3, -0.25) is 0 Å². The van der Waals surface area contributed by atoms with Crippen LogP contribution in [0.15, 0.2) is 100 Å². The fourth-order valence-corrected chi connectivity index (χ4v) is 8.74. The molecule has 4 aromatic carbocycles. The van der Waals surface area contributed by atoms with Crippen LogP contribution in [0.4, 0.5) is 0 Å². The first-order chi connectivity index (χ1) is 18.3. The van der Waals surface area contributed by atoms with Crippen molar-refractivity contribution in [3.8, 4) is 47.5 Å². The second-order valence-electron chi connectivity index (χ2n) is 9.05. The molecular weight excluding hydrogens is 529 g/mol. The Morgan fingerprint density at radius 1 is 0.432 bits per heavy atom. The van der Waals surface area contributed by atoms with E-state index in [1.165, 1.54) is 42.4 Å². The van der Waals surface area contributed by atoms with Gasteiger partial charge in [0.05, 0.1) is 0 Å². The number of aromatic hydroxyl groups is 1. The van der Waals surface area contributed by atoms with Crippen LogP contribution < -0.4 is 0 Å². The lowest BCUT2D eigenvalue weighted by atomic mass is 9.84. The minimum atomic E-state index is 0.368. The van der Waals surface area contributed by atoms with Gasteiger partial charge in [-0.15, -0.1) is 45.3 Å². The third-order valence-corrected chi connectivity index (χ3v) is 10.7. The zero-order chi connectivity index (χ0) is 24.5. The average Bonchev–Trinajstić information content (AvgIpc) is 3.75. The Kier molecular flexibility index (Phi) is 4.82. The molecular formula is C32H18OS4. The molecule has 1 N–H and O–H groups in total. The van der Waals surface area contributed by atoms with Crippen molar-refractivity contribution in [1.82, 2.24) is 0 Å². The molecule has 0 radical (unpaired) electrons. The maximum Gasteiger partial charge on any atom is 0.134 e. The molecule has 0 saturated carbocycles. The molecule has 0 aliphatic rings. The van der Waals surface area contributed by atoms with Crippen LogP contribution in [0.3, 0.4) is 0 Å². The van der Waals surface area contributed by atoms with E-state index in [2.05, 4.69) is 100 Å². The smallest absolute Gasteiger partial charge is 0.134 e. The van der Waals surface area contributed by atoms with Gasteiger partial charge in [0.15, 0.2) is 0 Å². The fraction of sp³-hybridized carbons (Fsp3) is 0. The molecule has 0 unspecified atom stereocenters. The molecule has 8 aromatic rings. The van der Waals surface area contributed by atoms with Gasteiger partial charge in [-0.25, -0.2) is 0 Å². The molecule has 0 spiro atoms. The molecule has 8 rings (SSSR count). The van der Waals surface area contributed by atoms with E-state index < -0.39 is 0 Å². The molecule has 0 aliphatic heterocycles. The van der Waals surface area contributed by atoms with Crippen LogP contribution in [0.25, 0.3) is 74.1 Å². The highest BCUT2D eigenvalue weighted by molar-refractivity contribution is 7.14. The second-order valence-corrected chi connectivity index (χ2v) is 12.8. The van der Waals surface area contributed by atoms with E-state index in [9.17, 15) is 5.11 Å². The number of phenolic OH excluding ortho intramolecular Hbond substituents is 1. The standard InChI is InChI=1S/C32H18OS4/c33-32-30(26-7-3-15-36-26)20-11-9-18-22(24-5-1-13-34-24)17-23(25-6-2-14-35-25)19-10-12-21(29(20)28(18)19)31(32)27-8-4-16-37-27/h1-17,33H. The first-order valence-corrected chi connectivity index (χ1v) is 15.5. The molecule has 0 atom stereocenters. The Morgan fingerprint density at radius 3 is 1.22 bits per heavy atom. The van der Waals surface area contributed by atoms with Gasteiger partial charge in [0.1, 0.15) is 5.75 Å². The lowest BCUT2D eigenvalue weighted by molar-refractivity contribution is 0.481. The fourth-order valence-electron chi connectivity index (χ4n) is 5.65. The topological polar surface area (TPSA) is 20.2 Å². The number of thiophene rings is 4. The van der Waals surface area contributed by atoms with E-state index in [1.54, 1.807) is 45.3 Å². The minimum absolute atomic E-state index is 0.368. The summed E-state index contributed by atoms with van der Waals surface area (Å²) < 4.78 is 0.